The second-order valence-corrected chi connectivity index (χ2v) is 12.6. The van der Waals surface area contributed by atoms with E-state index in [1.54, 1.807) is 17.0 Å². The van der Waals surface area contributed by atoms with Crippen LogP contribution in [0.4, 0.5) is 29.0 Å². The first-order chi connectivity index (χ1) is 21.2. The van der Waals surface area contributed by atoms with Gasteiger partial charge < -0.3 is 25.0 Å². The molecule has 238 valence electrons. The van der Waals surface area contributed by atoms with Gasteiger partial charge in [-0.2, -0.15) is 18.2 Å². The standard InChI is InChI=1S/C31H33F3N6O4S/c1-18(41)36-28-39-26-23(9-7-10-24(26)45-28)43-25-16-22(19-11-13-20(14-12-19)31(32,33)34)37-27(38-25)35-17-21-8-5-6-15-40(21)29(42)44-30(2,3)4/h7,9-14,16,21H,5-6,8,15,17H2,1-4H3,(H,35,37,38)(H,36,39,41). The van der Waals surface area contributed by atoms with Crippen molar-refractivity contribution in [1.29, 1.82) is 0 Å². The number of nitrogens with zero attached hydrogens (tertiary/aromatic N) is 4. The number of thiazole rings is 1. The summed E-state index contributed by atoms with van der Waals surface area (Å²) < 4.78 is 52.2. The number of anilines is 2. The van der Waals surface area contributed by atoms with Gasteiger partial charge in [0.25, 0.3) is 0 Å². The first-order valence-corrected chi connectivity index (χ1v) is 15.2. The lowest BCUT2D eigenvalue weighted by Crippen LogP contribution is -2.49. The zero-order valence-corrected chi connectivity index (χ0v) is 26.0. The summed E-state index contributed by atoms with van der Waals surface area (Å²) in [6, 6.07) is 11.3. The molecule has 0 bridgehead atoms. The number of hydrogen-bond donors (Lipinski definition) is 2. The van der Waals surface area contributed by atoms with Crippen molar-refractivity contribution in [3.05, 3.63) is 54.1 Å². The van der Waals surface area contributed by atoms with Crippen LogP contribution in [-0.4, -0.2) is 56.6 Å². The van der Waals surface area contributed by atoms with Gasteiger partial charge in [0, 0.05) is 31.6 Å². The Morgan fingerprint density at radius 1 is 1.04 bits per heavy atom. The summed E-state index contributed by atoms with van der Waals surface area (Å²) in [6.45, 7) is 7.71. The van der Waals surface area contributed by atoms with E-state index in [4.69, 9.17) is 9.47 Å². The molecule has 1 aliphatic rings. The van der Waals surface area contributed by atoms with Crippen LogP contribution in [0.3, 0.4) is 0 Å². The Hall–Kier alpha value is -4.46. The van der Waals surface area contributed by atoms with Crippen molar-refractivity contribution in [1.82, 2.24) is 19.9 Å². The number of likely N-dealkylation sites (tertiary alicyclic amines) is 1. The SMILES string of the molecule is CC(=O)Nc1nc2c(Oc3cc(-c4ccc(C(F)(F)F)cc4)nc(NCC4CCCCN4C(=O)OC(C)(C)C)n3)cccc2s1. The van der Waals surface area contributed by atoms with Gasteiger partial charge in [-0.1, -0.05) is 29.5 Å². The van der Waals surface area contributed by atoms with E-state index >= 15 is 0 Å². The third-order valence-corrected chi connectivity index (χ3v) is 7.78. The van der Waals surface area contributed by atoms with Gasteiger partial charge >= 0.3 is 12.3 Å². The highest BCUT2D eigenvalue weighted by Crippen LogP contribution is 2.36. The van der Waals surface area contributed by atoms with Crippen LogP contribution in [0.5, 0.6) is 11.6 Å². The molecule has 0 spiro atoms. The zero-order chi connectivity index (χ0) is 32.4. The molecule has 0 radical (unpaired) electrons. The molecule has 45 heavy (non-hydrogen) atoms. The monoisotopic (exact) mass is 642 g/mol. The molecule has 1 aliphatic heterocycles. The number of halogens is 3. The number of fused-ring (bicyclic) bond motifs is 1. The Labute approximate surface area is 262 Å². The Kier molecular flexibility index (Phi) is 9.14. The van der Waals surface area contributed by atoms with E-state index in [0.717, 1.165) is 36.1 Å². The highest BCUT2D eigenvalue weighted by molar-refractivity contribution is 7.22. The smallest absolute Gasteiger partial charge is 0.416 e. The second-order valence-electron chi connectivity index (χ2n) is 11.6. The third kappa shape index (κ3) is 8.18. The number of piperidine rings is 1. The molecule has 1 unspecified atom stereocenters. The number of aromatic nitrogens is 3. The van der Waals surface area contributed by atoms with Crippen LogP contribution in [0, 0.1) is 0 Å². The van der Waals surface area contributed by atoms with Crippen LogP contribution in [0.1, 0.15) is 52.5 Å². The van der Waals surface area contributed by atoms with Crippen LogP contribution >= 0.6 is 11.3 Å². The Morgan fingerprint density at radius 3 is 2.49 bits per heavy atom. The predicted molar refractivity (Wildman–Crippen MR) is 166 cm³/mol. The van der Waals surface area contributed by atoms with E-state index in [-0.39, 0.29) is 23.8 Å². The van der Waals surface area contributed by atoms with Crippen LogP contribution in [0.25, 0.3) is 21.5 Å². The molecular formula is C31H33F3N6O4S. The maximum atomic E-state index is 13.2. The number of nitrogens with one attached hydrogen (secondary N) is 2. The molecule has 5 rings (SSSR count). The van der Waals surface area contributed by atoms with Gasteiger partial charge in [-0.3, -0.25) is 4.79 Å². The average Bonchev–Trinajstić information content (AvgIpc) is 3.38. The van der Waals surface area contributed by atoms with Crippen LogP contribution < -0.4 is 15.4 Å². The second kappa shape index (κ2) is 12.9. The quantitative estimate of drug-likeness (QED) is 0.210. The van der Waals surface area contributed by atoms with Crippen molar-refractivity contribution in [3.8, 4) is 22.9 Å². The summed E-state index contributed by atoms with van der Waals surface area (Å²) in [5, 5.41) is 6.28. The Morgan fingerprint density at radius 2 is 1.80 bits per heavy atom. The molecule has 2 aromatic carbocycles. The van der Waals surface area contributed by atoms with Gasteiger partial charge in [0.05, 0.1) is 22.0 Å². The van der Waals surface area contributed by atoms with Gasteiger partial charge in [-0.25, -0.2) is 14.8 Å². The summed E-state index contributed by atoms with van der Waals surface area (Å²) in [5.74, 6) is 0.400. The molecule has 0 aliphatic carbocycles. The molecule has 4 aromatic rings. The van der Waals surface area contributed by atoms with Gasteiger partial charge in [-0.05, 0) is 64.3 Å². The molecule has 2 aromatic heterocycles. The van der Waals surface area contributed by atoms with Crippen molar-refractivity contribution >= 4 is 44.6 Å². The first kappa shape index (κ1) is 31.9. The van der Waals surface area contributed by atoms with E-state index in [0.29, 0.717) is 40.7 Å². The van der Waals surface area contributed by atoms with Crippen molar-refractivity contribution in [2.45, 2.75) is 64.8 Å². The number of rotatable bonds is 7. The number of ether oxygens (including phenoxy) is 2. The fraction of sp³-hybridized carbons (Fsp3) is 0.387. The van der Waals surface area contributed by atoms with Crippen molar-refractivity contribution in [3.63, 3.8) is 0 Å². The third-order valence-electron chi connectivity index (χ3n) is 6.84. The summed E-state index contributed by atoms with van der Waals surface area (Å²) in [4.78, 5) is 39.8. The molecule has 1 atom stereocenters. The summed E-state index contributed by atoms with van der Waals surface area (Å²) >= 11 is 1.28. The van der Waals surface area contributed by atoms with E-state index in [1.807, 2.05) is 26.8 Å². The molecule has 0 saturated carbocycles. The molecule has 2 N–H and O–H groups in total. The summed E-state index contributed by atoms with van der Waals surface area (Å²) in [6.07, 6.45) is -2.33. The van der Waals surface area contributed by atoms with Crippen molar-refractivity contribution < 1.29 is 32.2 Å². The fourth-order valence-corrected chi connectivity index (χ4v) is 5.77. The van der Waals surface area contributed by atoms with Crippen molar-refractivity contribution in [2.75, 3.05) is 23.7 Å². The van der Waals surface area contributed by atoms with Gasteiger partial charge in [-0.15, -0.1) is 0 Å². The van der Waals surface area contributed by atoms with E-state index < -0.39 is 23.4 Å². The van der Waals surface area contributed by atoms with E-state index in [1.165, 1.54) is 36.5 Å². The van der Waals surface area contributed by atoms with Gasteiger partial charge in [0.2, 0.25) is 17.7 Å². The highest BCUT2D eigenvalue weighted by atomic mass is 32.1. The Balaban J connectivity index is 1.45. The molecule has 1 fully saturated rings. The fourth-order valence-electron chi connectivity index (χ4n) is 4.84. The number of amides is 2. The highest BCUT2D eigenvalue weighted by Gasteiger charge is 2.31. The maximum absolute atomic E-state index is 13.2. The normalized spacial score (nSPS) is 15.5. The number of hydrogen-bond acceptors (Lipinski definition) is 9. The largest absolute Gasteiger partial charge is 0.444 e. The molecule has 3 heterocycles. The molecule has 10 nitrogen and oxygen atoms in total. The number of carbonyl (C=O) groups excluding carboxylic acids is 2. The lowest BCUT2D eigenvalue weighted by atomic mass is 10.0. The molecule has 2 amide bonds. The van der Waals surface area contributed by atoms with Crippen LogP contribution in [0.2, 0.25) is 0 Å². The van der Waals surface area contributed by atoms with Gasteiger partial charge in [0.15, 0.2) is 10.9 Å². The molecule has 1 saturated heterocycles. The molecule has 14 heteroatoms. The maximum Gasteiger partial charge on any atom is 0.416 e. The first-order valence-electron chi connectivity index (χ1n) is 14.4. The minimum absolute atomic E-state index is 0.122. The zero-order valence-electron chi connectivity index (χ0n) is 25.2. The minimum atomic E-state index is -4.48. The number of para-hydroxylation sites is 1. The molecular weight excluding hydrogens is 609 g/mol. The number of carbonyl (C=O) groups is 2. The van der Waals surface area contributed by atoms with Crippen molar-refractivity contribution in [2.24, 2.45) is 0 Å². The van der Waals surface area contributed by atoms with Gasteiger partial charge in [0.1, 0.15) is 11.1 Å². The minimum Gasteiger partial charge on any atom is -0.444 e. The average molecular weight is 643 g/mol. The number of alkyl halides is 3. The van der Waals surface area contributed by atoms with Crippen LogP contribution in [0.15, 0.2) is 48.5 Å². The summed E-state index contributed by atoms with van der Waals surface area (Å²) in [5.41, 5.74) is -0.161. The lowest BCUT2D eigenvalue weighted by molar-refractivity contribution is -0.137. The Bertz CT molecular complexity index is 1690. The number of benzene rings is 2. The predicted octanol–water partition coefficient (Wildman–Crippen LogP) is 7.72. The van der Waals surface area contributed by atoms with Crippen LogP contribution in [-0.2, 0) is 15.7 Å². The van der Waals surface area contributed by atoms with E-state index in [9.17, 15) is 22.8 Å². The summed E-state index contributed by atoms with van der Waals surface area (Å²) in [7, 11) is 0. The van der Waals surface area contributed by atoms with E-state index in [2.05, 4.69) is 25.6 Å². The topological polar surface area (TPSA) is 119 Å². The lowest BCUT2D eigenvalue weighted by Gasteiger charge is -2.36.